The van der Waals surface area contributed by atoms with Crippen LogP contribution in [-0.2, 0) is 0 Å². The number of alkyl halides is 3. The molecule has 0 aliphatic heterocycles. The van der Waals surface area contributed by atoms with Crippen molar-refractivity contribution in [1.29, 1.82) is 0 Å². The summed E-state index contributed by atoms with van der Waals surface area (Å²) >= 11 is 0. The van der Waals surface area contributed by atoms with Crippen LogP contribution in [0.15, 0.2) is 22.8 Å². The highest BCUT2D eigenvalue weighted by Crippen LogP contribution is 2.28. The number of aliphatic hydroxyl groups is 2. The van der Waals surface area contributed by atoms with E-state index in [9.17, 15) is 18.3 Å². The molecular formula is C8H9F3O3. The first-order chi connectivity index (χ1) is 6.41. The Hall–Kier alpha value is -1.01. The van der Waals surface area contributed by atoms with Crippen molar-refractivity contribution < 1.29 is 27.8 Å². The molecule has 0 aromatic carbocycles. The zero-order valence-corrected chi connectivity index (χ0v) is 7.03. The van der Waals surface area contributed by atoms with Crippen molar-refractivity contribution in [3.05, 3.63) is 24.2 Å². The molecule has 0 saturated heterocycles. The van der Waals surface area contributed by atoms with Crippen LogP contribution in [-0.4, -0.2) is 22.5 Å². The molecule has 0 amide bonds. The topological polar surface area (TPSA) is 53.6 Å². The number of furan rings is 1. The summed E-state index contributed by atoms with van der Waals surface area (Å²) in [5.41, 5.74) is 0. The van der Waals surface area contributed by atoms with Crippen LogP contribution in [0.1, 0.15) is 18.3 Å². The molecule has 1 aromatic heterocycles. The molecule has 0 unspecified atom stereocenters. The van der Waals surface area contributed by atoms with Gasteiger partial charge in [0.05, 0.1) is 6.26 Å². The fourth-order valence-corrected chi connectivity index (χ4v) is 0.942. The predicted octanol–water partition coefficient (Wildman–Crippen LogP) is 1.63. The summed E-state index contributed by atoms with van der Waals surface area (Å²) in [7, 11) is 0. The number of aliphatic hydroxyl groups excluding tert-OH is 2. The summed E-state index contributed by atoms with van der Waals surface area (Å²) in [5.74, 6) is 0.00769. The van der Waals surface area contributed by atoms with Crippen molar-refractivity contribution in [3.8, 4) is 0 Å². The average molecular weight is 210 g/mol. The van der Waals surface area contributed by atoms with Crippen LogP contribution in [0.4, 0.5) is 13.2 Å². The Morgan fingerprint density at radius 1 is 1.36 bits per heavy atom. The maximum atomic E-state index is 11.9. The van der Waals surface area contributed by atoms with Gasteiger partial charge in [0.1, 0.15) is 11.9 Å². The molecule has 1 heterocycles. The smallest absolute Gasteiger partial charge is 0.414 e. The monoisotopic (exact) mass is 210 g/mol. The molecule has 2 atom stereocenters. The molecule has 6 heteroatoms. The number of halogens is 3. The highest BCUT2D eigenvalue weighted by atomic mass is 19.4. The minimum absolute atomic E-state index is 0.00769. The number of hydrogen-bond acceptors (Lipinski definition) is 3. The normalized spacial score (nSPS) is 16.6. The van der Waals surface area contributed by atoms with Crippen LogP contribution in [0, 0.1) is 0 Å². The van der Waals surface area contributed by atoms with E-state index in [0.29, 0.717) is 0 Å². The van der Waals surface area contributed by atoms with Gasteiger partial charge in [0, 0.05) is 6.42 Å². The van der Waals surface area contributed by atoms with Crippen LogP contribution in [0.3, 0.4) is 0 Å². The maximum Gasteiger partial charge on any atom is 0.414 e. The quantitative estimate of drug-likeness (QED) is 0.797. The number of hydrogen-bond donors (Lipinski definition) is 2. The number of rotatable bonds is 3. The molecule has 0 fully saturated rings. The largest absolute Gasteiger partial charge is 0.467 e. The third kappa shape index (κ3) is 2.74. The predicted molar refractivity (Wildman–Crippen MR) is 40.3 cm³/mol. The zero-order valence-electron chi connectivity index (χ0n) is 7.03. The van der Waals surface area contributed by atoms with Gasteiger partial charge in [0.25, 0.3) is 0 Å². The summed E-state index contributed by atoms with van der Waals surface area (Å²) in [6, 6.07) is 2.78. The Labute approximate surface area is 77.8 Å². The molecule has 0 spiro atoms. The van der Waals surface area contributed by atoms with Crippen molar-refractivity contribution in [2.75, 3.05) is 0 Å². The van der Waals surface area contributed by atoms with E-state index in [0.717, 1.165) is 0 Å². The van der Waals surface area contributed by atoms with E-state index in [1.54, 1.807) is 0 Å². The average Bonchev–Trinajstić information content (AvgIpc) is 2.53. The van der Waals surface area contributed by atoms with Crippen molar-refractivity contribution in [2.24, 2.45) is 0 Å². The van der Waals surface area contributed by atoms with Crippen LogP contribution < -0.4 is 0 Å². The Morgan fingerprint density at radius 2 is 2.00 bits per heavy atom. The van der Waals surface area contributed by atoms with E-state index in [1.807, 2.05) is 0 Å². The van der Waals surface area contributed by atoms with Gasteiger partial charge in [-0.05, 0) is 12.1 Å². The highest BCUT2D eigenvalue weighted by molar-refractivity contribution is 5.02. The van der Waals surface area contributed by atoms with Crippen LogP contribution >= 0.6 is 0 Å². The lowest BCUT2D eigenvalue weighted by Crippen LogP contribution is -2.30. The fraction of sp³-hybridized carbons (Fsp3) is 0.500. The minimum Gasteiger partial charge on any atom is -0.467 e. The SMILES string of the molecule is O[C@@H](C[C@H](O)C(F)(F)F)c1ccco1. The van der Waals surface area contributed by atoms with Crippen molar-refractivity contribution in [3.63, 3.8) is 0 Å². The molecule has 0 aliphatic carbocycles. The second-order valence-corrected chi connectivity index (χ2v) is 2.82. The van der Waals surface area contributed by atoms with E-state index in [-0.39, 0.29) is 5.76 Å². The second kappa shape index (κ2) is 4.02. The zero-order chi connectivity index (χ0) is 10.8. The first-order valence-electron chi connectivity index (χ1n) is 3.87. The lowest BCUT2D eigenvalue weighted by atomic mass is 10.1. The van der Waals surface area contributed by atoms with Gasteiger partial charge in [-0.25, -0.2) is 0 Å². The molecule has 1 rings (SSSR count). The third-order valence-corrected chi connectivity index (χ3v) is 1.70. The molecule has 14 heavy (non-hydrogen) atoms. The van der Waals surface area contributed by atoms with Gasteiger partial charge in [-0.3, -0.25) is 0 Å². The standard InChI is InChI=1S/C8H9F3O3/c9-8(10,11)7(13)4-5(12)6-2-1-3-14-6/h1-3,5,7,12-13H,4H2/t5-,7-/m0/s1. The summed E-state index contributed by atoms with van der Waals surface area (Å²) in [5, 5.41) is 17.8. The van der Waals surface area contributed by atoms with E-state index in [1.165, 1.54) is 18.4 Å². The van der Waals surface area contributed by atoms with Crippen LogP contribution in [0.25, 0.3) is 0 Å². The van der Waals surface area contributed by atoms with Crippen molar-refractivity contribution in [2.45, 2.75) is 24.8 Å². The Morgan fingerprint density at radius 3 is 2.43 bits per heavy atom. The van der Waals surface area contributed by atoms with Gasteiger partial charge < -0.3 is 14.6 Å². The van der Waals surface area contributed by atoms with Gasteiger partial charge in [-0.15, -0.1) is 0 Å². The van der Waals surface area contributed by atoms with E-state index >= 15 is 0 Å². The molecule has 0 aliphatic rings. The Balaban J connectivity index is 2.53. The third-order valence-electron chi connectivity index (χ3n) is 1.70. The van der Waals surface area contributed by atoms with Gasteiger partial charge in [-0.1, -0.05) is 0 Å². The fourth-order valence-electron chi connectivity index (χ4n) is 0.942. The molecule has 0 bridgehead atoms. The molecule has 0 saturated carbocycles. The summed E-state index contributed by atoms with van der Waals surface area (Å²) in [6.07, 6.45) is -8.28. The Bertz CT molecular complexity index is 268. The summed E-state index contributed by atoms with van der Waals surface area (Å²) < 4.78 is 40.3. The van der Waals surface area contributed by atoms with E-state index < -0.39 is 24.8 Å². The summed E-state index contributed by atoms with van der Waals surface area (Å²) in [6.45, 7) is 0. The molecule has 3 nitrogen and oxygen atoms in total. The summed E-state index contributed by atoms with van der Waals surface area (Å²) in [4.78, 5) is 0. The van der Waals surface area contributed by atoms with E-state index in [4.69, 9.17) is 5.11 Å². The lowest BCUT2D eigenvalue weighted by molar-refractivity contribution is -0.211. The molecule has 80 valence electrons. The first-order valence-corrected chi connectivity index (χ1v) is 3.87. The van der Waals surface area contributed by atoms with Crippen LogP contribution in [0.5, 0.6) is 0 Å². The van der Waals surface area contributed by atoms with Gasteiger partial charge in [-0.2, -0.15) is 13.2 Å². The van der Waals surface area contributed by atoms with Gasteiger partial charge in [0.2, 0.25) is 0 Å². The van der Waals surface area contributed by atoms with Crippen LogP contribution in [0.2, 0.25) is 0 Å². The van der Waals surface area contributed by atoms with Gasteiger partial charge in [0.15, 0.2) is 6.10 Å². The van der Waals surface area contributed by atoms with Crippen molar-refractivity contribution >= 4 is 0 Å². The lowest BCUT2D eigenvalue weighted by Gasteiger charge is -2.16. The highest BCUT2D eigenvalue weighted by Gasteiger charge is 2.39. The molecule has 1 aromatic rings. The van der Waals surface area contributed by atoms with E-state index in [2.05, 4.69) is 4.42 Å². The van der Waals surface area contributed by atoms with Crippen molar-refractivity contribution in [1.82, 2.24) is 0 Å². The van der Waals surface area contributed by atoms with Gasteiger partial charge >= 0.3 is 6.18 Å². The first kappa shape index (κ1) is 11.1. The molecular weight excluding hydrogens is 201 g/mol. The maximum absolute atomic E-state index is 11.9. The Kier molecular flexibility index (Phi) is 3.17. The second-order valence-electron chi connectivity index (χ2n) is 2.82. The minimum atomic E-state index is -4.71. The molecule has 0 radical (unpaired) electrons. The molecule has 2 N–H and O–H groups in total.